The number of likely N-dealkylation sites (tertiary alicyclic amines) is 1. The smallest absolute Gasteiger partial charge is 0.251 e. The maximum Gasteiger partial charge on any atom is 0.251 e. The molecule has 222 valence electrons. The molecule has 2 aliphatic rings. The number of rotatable bonds is 9. The van der Waals surface area contributed by atoms with Crippen molar-refractivity contribution in [1.82, 2.24) is 25.5 Å². The lowest BCUT2D eigenvalue weighted by Crippen LogP contribution is -2.49. The molecule has 0 radical (unpaired) electrons. The molecule has 1 spiro atoms. The fourth-order valence-corrected chi connectivity index (χ4v) is 5.84. The summed E-state index contributed by atoms with van der Waals surface area (Å²) in [5, 5.41) is 7.51. The molecule has 2 aromatic heterocycles. The van der Waals surface area contributed by atoms with Crippen LogP contribution in [-0.2, 0) is 25.6 Å². The summed E-state index contributed by atoms with van der Waals surface area (Å²) in [5.74, 6) is -0.978. The molecule has 4 aromatic rings. The lowest BCUT2D eigenvalue weighted by atomic mass is 10.1. The number of nitrogens with zero attached hydrogens (tertiary/aromatic N) is 2. The second-order valence-corrected chi connectivity index (χ2v) is 11.1. The Kier molecular flexibility index (Phi) is 8.18. The molecule has 43 heavy (non-hydrogen) atoms. The van der Waals surface area contributed by atoms with Gasteiger partial charge in [-0.2, -0.15) is 0 Å². The van der Waals surface area contributed by atoms with Crippen LogP contribution in [0.15, 0.2) is 72.4 Å². The Labute approximate surface area is 250 Å². The summed E-state index contributed by atoms with van der Waals surface area (Å²) >= 11 is 1.50. The van der Waals surface area contributed by atoms with Crippen LogP contribution in [0, 0.1) is 5.82 Å². The van der Waals surface area contributed by atoms with Gasteiger partial charge in [-0.25, -0.2) is 9.37 Å². The number of hydrogen-bond donors (Lipinski definition) is 3. The van der Waals surface area contributed by atoms with Crippen LogP contribution in [0.4, 0.5) is 4.39 Å². The number of benzene rings is 2. The molecular weight excluding hydrogens is 577 g/mol. The number of aromatic amines is 1. The third-order valence-electron chi connectivity index (χ3n) is 7.16. The monoisotopic (exact) mass is 605 g/mol. The highest BCUT2D eigenvalue weighted by Gasteiger charge is 2.52. The zero-order chi connectivity index (χ0) is 29.8. The molecule has 3 N–H and O–H groups in total. The number of nitrogens with one attached hydrogen (secondary N) is 3. The van der Waals surface area contributed by atoms with Gasteiger partial charge in [0.25, 0.3) is 5.91 Å². The third-order valence-corrected chi connectivity index (χ3v) is 8.09. The quantitative estimate of drug-likeness (QED) is 0.266. The second kappa shape index (κ2) is 12.3. The van der Waals surface area contributed by atoms with Crippen LogP contribution in [0.5, 0.6) is 11.5 Å². The summed E-state index contributed by atoms with van der Waals surface area (Å²) in [7, 11) is 0. The van der Waals surface area contributed by atoms with Gasteiger partial charge in [0.05, 0.1) is 32.8 Å². The van der Waals surface area contributed by atoms with Crippen molar-refractivity contribution in [2.45, 2.75) is 24.8 Å². The number of carbonyl (C=O) groups excluding carboxylic acids is 3. The molecule has 0 aliphatic carbocycles. The molecule has 6 rings (SSSR count). The van der Waals surface area contributed by atoms with Crippen LogP contribution in [0.25, 0.3) is 11.4 Å². The lowest BCUT2D eigenvalue weighted by Gasteiger charge is -2.24. The lowest BCUT2D eigenvalue weighted by molar-refractivity contribution is -0.152. The number of aromatic nitrogens is 2. The van der Waals surface area contributed by atoms with Crippen LogP contribution in [0.2, 0.25) is 0 Å². The van der Waals surface area contributed by atoms with E-state index in [0.29, 0.717) is 30.3 Å². The van der Waals surface area contributed by atoms with Crippen molar-refractivity contribution in [3.8, 4) is 22.9 Å². The minimum Gasteiger partial charge on any atom is -0.457 e. The molecule has 11 nitrogen and oxygen atoms in total. The largest absolute Gasteiger partial charge is 0.457 e. The molecule has 2 aromatic carbocycles. The normalized spacial score (nSPS) is 17.2. The average Bonchev–Trinajstić information content (AvgIpc) is 3.84. The van der Waals surface area contributed by atoms with Crippen molar-refractivity contribution in [3.05, 3.63) is 88.6 Å². The Hall–Kier alpha value is -4.59. The van der Waals surface area contributed by atoms with E-state index in [0.717, 1.165) is 16.3 Å². The maximum absolute atomic E-state index is 13.3. The molecule has 3 amide bonds. The third kappa shape index (κ3) is 6.58. The Morgan fingerprint density at radius 2 is 1.79 bits per heavy atom. The van der Waals surface area contributed by atoms with Gasteiger partial charge in [-0.05, 0) is 54.6 Å². The van der Waals surface area contributed by atoms with Gasteiger partial charge in [-0.15, -0.1) is 11.3 Å². The zero-order valence-corrected chi connectivity index (χ0v) is 23.7. The molecule has 13 heteroatoms. The second-order valence-electron chi connectivity index (χ2n) is 10.1. The summed E-state index contributed by atoms with van der Waals surface area (Å²) in [6.45, 7) is 0.799. The van der Waals surface area contributed by atoms with E-state index in [1.165, 1.54) is 40.5 Å². The minimum atomic E-state index is -1.04. The fourth-order valence-electron chi connectivity index (χ4n) is 5.03. The summed E-state index contributed by atoms with van der Waals surface area (Å²) in [5.41, 5.74) is 1.24. The van der Waals surface area contributed by atoms with Crippen molar-refractivity contribution in [3.63, 3.8) is 0 Å². The number of ether oxygens (including phenoxy) is 3. The minimum absolute atomic E-state index is 0.0802. The first-order valence-electron chi connectivity index (χ1n) is 13.6. The number of H-pyrrole nitrogens is 1. The van der Waals surface area contributed by atoms with Crippen LogP contribution in [0.1, 0.15) is 21.7 Å². The summed E-state index contributed by atoms with van der Waals surface area (Å²) in [4.78, 5) is 49.0. The van der Waals surface area contributed by atoms with Gasteiger partial charge in [-0.1, -0.05) is 0 Å². The molecule has 1 atom stereocenters. The molecular formula is C30H28FN5O6S. The predicted molar refractivity (Wildman–Crippen MR) is 154 cm³/mol. The van der Waals surface area contributed by atoms with E-state index < -0.39 is 23.6 Å². The predicted octanol–water partition coefficient (Wildman–Crippen LogP) is 3.46. The molecule has 0 saturated carbocycles. The standard InChI is InChI=1S/C30H28FN5O6S/c31-21-3-7-23(8-4-21)42-22-5-1-19(2-6-22)28(38)35-16-26(37)36-18-30(40-11-12-41-30)14-25(36)29(39)34-15-24-13-20(17-43-24)27-32-9-10-33-27/h1-10,13,17,25H,11-12,14-16,18H2,(H,32,33)(H,34,39)(H,35,38)/t25-/m0/s1. The number of thiophene rings is 1. The molecule has 0 bridgehead atoms. The number of hydrogen-bond acceptors (Lipinski definition) is 8. The van der Waals surface area contributed by atoms with Crippen molar-refractivity contribution in [1.29, 1.82) is 0 Å². The van der Waals surface area contributed by atoms with E-state index in [9.17, 15) is 18.8 Å². The Bertz CT molecular complexity index is 1590. The number of halogens is 1. The number of amides is 3. The Morgan fingerprint density at radius 1 is 1.07 bits per heavy atom. The van der Waals surface area contributed by atoms with Gasteiger partial charge in [0, 0.05) is 40.2 Å². The number of carbonyl (C=O) groups is 3. The van der Waals surface area contributed by atoms with Gasteiger partial charge in [-0.3, -0.25) is 14.4 Å². The number of imidazole rings is 1. The average molecular weight is 606 g/mol. The van der Waals surface area contributed by atoms with Crippen molar-refractivity contribution in [2.24, 2.45) is 0 Å². The highest BCUT2D eigenvalue weighted by molar-refractivity contribution is 7.10. The summed E-state index contributed by atoms with van der Waals surface area (Å²) in [6, 6.07) is 13.0. The first-order valence-corrected chi connectivity index (χ1v) is 14.5. The van der Waals surface area contributed by atoms with Crippen molar-refractivity contribution in [2.75, 3.05) is 26.3 Å². The maximum atomic E-state index is 13.3. The molecule has 2 fully saturated rings. The van der Waals surface area contributed by atoms with Gasteiger partial charge in [0.2, 0.25) is 11.8 Å². The highest BCUT2D eigenvalue weighted by Crippen LogP contribution is 2.35. The van der Waals surface area contributed by atoms with E-state index in [1.54, 1.807) is 36.7 Å². The fraction of sp³-hybridized carbons (Fsp3) is 0.267. The SMILES string of the molecule is O=C(NCC(=O)N1CC2(C[C@H]1C(=O)NCc1cc(-c3ncc[nH]3)cs1)OCCO2)c1ccc(Oc2ccc(F)cc2)cc1. The van der Waals surface area contributed by atoms with Crippen LogP contribution in [0.3, 0.4) is 0 Å². The molecule has 4 heterocycles. The van der Waals surface area contributed by atoms with E-state index >= 15 is 0 Å². The zero-order valence-electron chi connectivity index (χ0n) is 22.9. The Morgan fingerprint density at radius 3 is 2.49 bits per heavy atom. The summed E-state index contributed by atoms with van der Waals surface area (Å²) in [6.07, 6.45) is 3.61. The van der Waals surface area contributed by atoms with Gasteiger partial charge in [0.1, 0.15) is 29.2 Å². The molecule has 2 aliphatic heterocycles. The highest BCUT2D eigenvalue weighted by atomic mass is 32.1. The molecule has 2 saturated heterocycles. The first-order chi connectivity index (χ1) is 20.9. The van der Waals surface area contributed by atoms with Crippen LogP contribution < -0.4 is 15.4 Å². The van der Waals surface area contributed by atoms with E-state index in [-0.39, 0.29) is 37.8 Å². The van der Waals surface area contributed by atoms with Gasteiger partial charge < -0.3 is 34.7 Å². The van der Waals surface area contributed by atoms with Gasteiger partial charge in [0.15, 0.2) is 5.79 Å². The topological polar surface area (TPSA) is 135 Å². The first kappa shape index (κ1) is 28.5. The van der Waals surface area contributed by atoms with Crippen LogP contribution in [-0.4, -0.2) is 70.7 Å². The van der Waals surface area contributed by atoms with Gasteiger partial charge >= 0.3 is 0 Å². The Balaban J connectivity index is 1.05. The van der Waals surface area contributed by atoms with E-state index in [4.69, 9.17) is 14.2 Å². The molecule has 0 unspecified atom stereocenters. The van der Waals surface area contributed by atoms with E-state index in [1.807, 2.05) is 11.4 Å². The van der Waals surface area contributed by atoms with Crippen molar-refractivity contribution < 1.29 is 33.0 Å². The van der Waals surface area contributed by atoms with Crippen molar-refractivity contribution >= 4 is 29.1 Å². The van der Waals surface area contributed by atoms with Crippen LogP contribution >= 0.6 is 11.3 Å². The van der Waals surface area contributed by atoms with E-state index in [2.05, 4.69) is 20.6 Å². The summed E-state index contributed by atoms with van der Waals surface area (Å²) < 4.78 is 30.4.